The maximum atomic E-state index is 12.7. The number of halogens is 1. The van der Waals surface area contributed by atoms with E-state index in [4.69, 9.17) is 13.9 Å². The molecule has 0 amide bonds. The molecule has 0 radical (unpaired) electrons. The number of hydrogen-bond donors (Lipinski definition) is 0. The molecule has 1 saturated carbocycles. The minimum atomic E-state index is -2.01. The maximum Gasteiger partial charge on any atom is 0.310 e. The van der Waals surface area contributed by atoms with Gasteiger partial charge in [-0.1, -0.05) is 43.4 Å². The third-order valence-electron chi connectivity index (χ3n) is 6.42. The molecule has 0 N–H and O–H groups in total. The van der Waals surface area contributed by atoms with E-state index in [2.05, 4.69) is 56.5 Å². The third kappa shape index (κ3) is 5.50. The lowest BCUT2D eigenvalue weighted by atomic mass is 9.78. The van der Waals surface area contributed by atoms with Crippen LogP contribution in [0.15, 0.2) is 0 Å². The molecular weight excluding hydrogens is 487 g/mol. The molecule has 1 saturated heterocycles. The lowest BCUT2D eigenvalue weighted by molar-refractivity contribution is -0.162. The van der Waals surface area contributed by atoms with Crippen molar-refractivity contribution in [2.45, 2.75) is 100 Å². The molecule has 162 valence electrons. The molecule has 0 aromatic carbocycles. The fourth-order valence-electron chi connectivity index (χ4n) is 3.84. The van der Waals surface area contributed by atoms with Crippen molar-refractivity contribution in [2.75, 3.05) is 6.61 Å². The van der Waals surface area contributed by atoms with E-state index in [9.17, 15) is 9.59 Å². The number of carbonyl (C=O) groups is 2. The van der Waals surface area contributed by atoms with Gasteiger partial charge in [-0.2, -0.15) is 0 Å². The summed E-state index contributed by atoms with van der Waals surface area (Å²) in [6.07, 6.45) is 2.67. The smallest absolute Gasteiger partial charge is 0.310 e. The van der Waals surface area contributed by atoms with Crippen LogP contribution in [0.2, 0.25) is 18.1 Å². The summed E-state index contributed by atoms with van der Waals surface area (Å²) in [5.74, 6) is -0.852. The predicted octanol–water partition coefficient (Wildman–Crippen LogP) is 5.26. The second kappa shape index (κ2) is 8.17. The molecule has 2 fully saturated rings. The van der Waals surface area contributed by atoms with Gasteiger partial charge in [-0.3, -0.25) is 9.59 Å². The summed E-state index contributed by atoms with van der Waals surface area (Å²) >= 11 is 2.45. The Kier molecular flexibility index (Phi) is 7.04. The standard InChI is InChI=1S/C21H37IO5Si/c1-19(2,3)26-17(23)11-16-15-10-9-14(22)12-21(16,27-18(15)24)13-25-28(7,8)20(4,5)6/h14-16H,9-13H2,1-8H3/t14-,15-,16+,21-/m0/s1. The van der Waals surface area contributed by atoms with Crippen molar-refractivity contribution in [3.05, 3.63) is 0 Å². The zero-order valence-corrected chi connectivity index (χ0v) is 21.8. The largest absolute Gasteiger partial charge is 0.460 e. The molecule has 7 heteroatoms. The summed E-state index contributed by atoms with van der Waals surface area (Å²) in [4.78, 5) is 25.3. The van der Waals surface area contributed by atoms with Crippen molar-refractivity contribution >= 4 is 42.8 Å². The van der Waals surface area contributed by atoms with E-state index in [0.29, 0.717) is 10.5 Å². The molecule has 1 aliphatic heterocycles. The van der Waals surface area contributed by atoms with Crippen molar-refractivity contribution in [3.8, 4) is 0 Å². The third-order valence-corrected chi connectivity index (χ3v) is 12.0. The summed E-state index contributed by atoms with van der Waals surface area (Å²) in [6.45, 7) is 17.0. The van der Waals surface area contributed by atoms with Gasteiger partial charge in [0.15, 0.2) is 8.32 Å². The van der Waals surface area contributed by atoms with Crippen LogP contribution in [0, 0.1) is 11.8 Å². The van der Waals surface area contributed by atoms with E-state index in [1.165, 1.54) is 0 Å². The Morgan fingerprint density at radius 2 is 1.82 bits per heavy atom. The topological polar surface area (TPSA) is 61.8 Å². The van der Waals surface area contributed by atoms with Crippen LogP contribution in [0.5, 0.6) is 0 Å². The Morgan fingerprint density at radius 1 is 1.21 bits per heavy atom. The Labute approximate surface area is 184 Å². The lowest BCUT2D eigenvalue weighted by Crippen LogP contribution is -2.50. The molecule has 0 aromatic heterocycles. The molecule has 2 rings (SSSR count). The molecule has 5 nitrogen and oxygen atoms in total. The zero-order chi connectivity index (χ0) is 21.5. The number of ether oxygens (including phenoxy) is 2. The molecular formula is C21H37IO5Si. The minimum Gasteiger partial charge on any atom is -0.460 e. The Balaban J connectivity index is 2.29. The highest BCUT2D eigenvalue weighted by atomic mass is 127. The first kappa shape index (κ1) is 24.1. The van der Waals surface area contributed by atoms with Gasteiger partial charge in [-0.05, 0) is 51.7 Å². The number of rotatable bonds is 5. The van der Waals surface area contributed by atoms with Gasteiger partial charge in [-0.15, -0.1) is 0 Å². The SMILES string of the molecule is CC(C)(C)OC(=O)C[C@@H]1[C@@H]2CC[C@H](I)C[C@@]1(CO[Si](C)(C)C(C)(C)C)OC2=O. The second-order valence-corrected chi connectivity index (χ2v) is 17.5. The highest BCUT2D eigenvalue weighted by Crippen LogP contribution is 2.50. The highest BCUT2D eigenvalue weighted by molar-refractivity contribution is 14.1. The number of hydrogen-bond acceptors (Lipinski definition) is 5. The predicted molar refractivity (Wildman–Crippen MR) is 121 cm³/mol. The van der Waals surface area contributed by atoms with Crippen molar-refractivity contribution in [1.82, 2.24) is 0 Å². The molecule has 2 aliphatic rings. The second-order valence-electron chi connectivity index (χ2n) is 10.9. The van der Waals surface area contributed by atoms with Crippen LogP contribution < -0.4 is 0 Å². The quantitative estimate of drug-likeness (QED) is 0.213. The molecule has 0 aromatic rings. The van der Waals surface area contributed by atoms with Gasteiger partial charge < -0.3 is 13.9 Å². The first-order valence-corrected chi connectivity index (χ1v) is 14.4. The average Bonchev–Trinajstić information content (AvgIpc) is 2.62. The normalized spacial score (nSPS) is 31.3. The Morgan fingerprint density at radius 3 is 2.36 bits per heavy atom. The lowest BCUT2D eigenvalue weighted by Gasteiger charge is -2.41. The van der Waals surface area contributed by atoms with Crippen molar-refractivity contribution in [3.63, 3.8) is 0 Å². The van der Waals surface area contributed by atoms with E-state index >= 15 is 0 Å². The van der Waals surface area contributed by atoms with Crippen LogP contribution in [-0.4, -0.2) is 42.0 Å². The van der Waals surface area contributed by atoms with Gasteiger partial charge in [0.05, 0.1) is 18.9 Å². The number of fused-ring (bicyclic) bond motifs is 2. The van der Waals surface area contributed by atoms with Crippen molar-refractivity contribution in [2.24, 2.45) is 11.8 Å². The van der Waals surface area contributed by atoms with Crippen molar-refractivity contribution < 1.29 is 23.5 Å². The molecule has 1 aliphatic carbocycles. The van der Waals surface area contributed by atoms with Crippen molar-refractivity contribution in [1.29, 1.82) is 0 Å². The summed E-state index contributed by atoms with van der Waals surface area (Å²) in [5, 5.41) is 0.0702. The fraction of sp³-hybridized carbons (Fsp3) is 0.905. The Hall–Kier alpha value is -0.153. The van der Waals surface area contributed by atoms with Crippen LogP contribution in [0.25, 0.3) is 0 Å². The van der Waals surface area contributed by atoms with Crippen LogP contribution in [0.1, 0.15) is 67.2 Å². The molecule has 1 heterocycles. The molecule has 4 atom stereocenters. The van der Waals surface area contributed by atoms with E-state index in [-0.39, 0.29) is 35.2 Å². The van der Waals surface area contributed by atoms with Crippen LogP contribution in [0.4, 0.5) is 0 Å². The summed E-state index contributed by atoms with van der Waals surface area (Å²) in [7, 11) is -2.01. The summed E-state index contributed by atoms with van der Waals surface area (Å²) in [5.41, 5.74) is -1.27. The van der Waals surface area contributed by atoms with E-state index in [0.717, 1.165) is 19.3 Å². The van der Waals surface area contributed by atoms with Crippen LogP contribution in [-0.2, 0) is 23.5 Å². The number of esters is 2. The summed E-state index contributed by atoms with van der Waals surface area (Å²) in [6, 6.07) is 0. The maximum absolute atomic E-state index is 12.7. The van der Waals surface area contributed by atoms with E-state index in [1.54, 1.807) is 0 Å². The Bertz CT molecular complexity index is 607. The number of alkyl halides is 1. The first-order valence-electron chi connectivity index (χ1n) is 10.3. The molecule has 2 bridgehead atoms. The van der Waals surface area contributed by atoms with Gasteiger partial charge in [0, 0.05) is 16.3 Å². The van der Waals surface area contributed by atoms with Gasteiger partial charge in [0.1, 0.15) is 11.2 Å². The minimum absolute atomic E-state index is 0.0702. The van der Waals surface area contributed by atoms with Gasteiger partial charge >= 0.3 is 11.9 Å². The average molecular weight is 525 g/mol. The molecule has 0 spiro atoms. The van der Waals surface area contributed by atoms with Gasteiger partial charge in [0.2, 0.25) is 0 Å². The zero-order valence-electron chi connectivity index (χ0n) is 18.7. The monoisotopic (exact) mass is 524 g/mol. The fourth-order valence-corrected chi connectivity index (χ4v) is 5.98. The summed E-state index contributed by atoms with van der Waals surface area (Å²) < 4.78 is 18.5. The molecule has 0 unspecified atom stereocenters. The highest BCUT2D eigenvalue weighted by Gasteiger charge is 2.59. The molecule has 28 heavy (non-hydrogen) atoms. The first-order chi connectivity index (χ1) is 12.6. The van der Waals surface area contributed by atoms with Gasteiger partial charge in [-0.25, -0.2) is 0 Å². The number of carbonyl (C=O) groups excluding carboxylic acids is 2. The van der Waals surface area contributed by atoms with E-state index in [1.807, 2.05) is 20.8 Å². The van der Waals surface area contributed by atoms with E-state index < -0.39 is 19.5 Å². The van der Waals surface area contributed by atoms with Crippen LogP contribution in [0.3, 0.4) is 0 Å². The van der Waals surface area contributed by atoms with Crippen LogP contribution >= 0.6 is 22.6 Å². The van der Waals surface area contributed by atoms with Gasteiger partial charge in [0.25, 0.3) is 0 Å².